The third kappa shape index (κ3) is 3.18. The van der Waals surface area contributed by atoms with Crippen molar-refractivity contribution >= 4 is 11.7 Å². The number of hydrogen-bond donors (Lipinski definition) is 1. The highest BCUT2D eigenvalue weighted by Crippen LogP contribution is 2.18. The first-order valence-corrected chi connectivity index (χ1v) is 5.37. The normalized spacial score (nSPS) is 9.53. The summed E-state index contributed by atoms with van der Waals surface area (Å²) in [7, 11) is 3.43. The Bertz CT molecular complexity index is 450. The molecule has 0 bridgehead atoms. The molecule has 0 radical (unpaired) electrons. The molecule has 0 spiro atoms. The molecule has 0 unspecified atom stereocenters. The molecular weight excluding hydrogens is 216 g/mol. The lowest BCUT2D eigenvalue weighted by atomic mass is 10.1. The first-order chi connectivity index (χ1) is 8.10. The quantitative estimate of drug-likeness (QED) is 0.835. The van der Waals surface area contributed by atoms with E-state index in [0.717, 1.165) is 5.56 Å². The standard InChI is InChI=1S/C12H16N4O/c1-9-4-6-15-12(10(9)8-13)16(3)7-5-11(17)14-2/h4,6H,5,7H2,1-3H3,(H,14,17). The number of nitrogens with one attached hydrogen (secondary N) is 1. The van der Waals surface area contributed by atoms with E-state index in [1.54, 1.807) is 19.3 Å². The minimum Gasteiger partial charge on any atom is -0.359 e. The number of carbonyl (C=O) groups is 1. The Morgan fingerprint density at radius 1 is 1.65 bits per heavy atom. The fourth-order valence-corrected chi connectivity index (χ4v) is 1.47. The highest BCUT2D eigenvalue weighted by molar-refractivity contribution is 5.76. The highest BCUT2D eigenvalue weighted by atomic mass is 16.1. The molecule has 5 heteroatoms. The minimum absolute atomic E-state index is 0.0250. The lowest BCUT2D eigenvalue weighted by molar-refractivity contribution is -0.120. The Labute approximate surface area is 101 Å². The zero-order chi connectivity index (χ0) is 12.8. The van der Waals surface area contributed by atoms with E-state index in [-0.39, 0.29) is 5.91 Å². The molecule has 1 aromatic rings. The van der Waals surface area contributed by atoms with Crippen LogP contribution in [0.1, 0.15) is 17.5 Å². The average Bonchev–Trinajstić information content (AvgIpc) is 2.35. The second-order valence-corrected chi connectivity index (χ2v) is 3.78. The summed E-state index contributed by atoms with van der Waals surface area (Å²) in [6.07, 6.45) is 2.05. The number of anilines is 1. The van der Waals surface area contributed by atoms with Crippen molar-refractivity contribution in [3.05, 3.63) is 23.4 Å². The number of rotatable bonds is 4. The van der Waals surface area contributed by atoms with Crippen LogP contribution in [0, 0.1) is 18.3 Å². The predicted octanol–water partition coefficient (Wildman–Crippen LogP) is 0.834. The number of aryl methyl sites for hydroxylation is 1. The van der Waals surface area contributed by atoms with Crippen molar-refractivity contribution in [3.8, 4) is 6.07 Å². The van der Waals surface area contributed by atoms with Crippen molar-refractivity contribution in [2.45, 2.75) is 13.3 Å². The van der Waals surface area contributed by atoms with Crippen LogP contribution in [0.5, 0.6) is 0 Å². The smallest absolute Gasteiger partial charge is 0.221 e. The summed E-state index contributed by atoms with van der Waals surface area (Å²) in [5, 5.41) is 11.6. The Morgan fingerprint density at radius 3 is 2.94 bits per heavy atom. The summed E-state index contributed by atoms with van der Waals surface area (Å²) in [6.45, 7) is 2.40. The third-order valence-electron chi connectivity index (χ3n) is 2.57. The molecule has 0 aromatic carbocycles. The van der Waals surface area contributed by atoms with Gasteiger partial charge in [0.15, 0.2) is 0 Å². The zero-order valence-electron chi connectivity index (χ0n) is 10.3. The summed E-state index contributed by atoms with van der Waals surface area (Å²) in [5.41, 5.74) is 1.45. The van der Waals surface area contributed by atoms with Gasteiger partial charge in [-0.05, 0) is 18.6 Å². The number of carbonyl (C=O) groups excluding carboxylic acids is 1. The summed E-state index contributed by atoms with van der Waals surface area (Å²) in [4.78, 5) is 17.2. The number of nitrogens with zero attached hydrogens (tertiary/aromatic N) is 3. The topological polar surface area (TPSA) is 69.0 Å². The van der Waals surface area contributed by atoms with E-state index in [9.17, 15) is 4.79 Å². The van der Waals surface area contributed by atoms with Gasteiger partial charge in [-0.25, -0.2) is 4.98 Å². The number of hydrogen-bond acceptors (Lipinski definition) is 4. The van der Waals surface area contributed by atoms with E-state index in [2.05, 4.69) is 16.4 Å². The van der Waals surface area contributed by atoms with Crippen molar-refractivity contribution in [3.63, 3.8) is 0 Å². The van der Waals surface area contributed by atoms with Crippen LogP contribution in [0.3, 0.4) is 0 Å². The van der Waals surface area contributed by atoms with Crippen LogP contribution in [-0.2, 0) is 4.79 Å². The van der Waals surface area contributed by atoms with Crippen LogP contribution < -0.4 is 10.2 Å². The monoisotopic (exact) mass is 232 g/mol. The van der Waals surface area contributed by atoms with Gasteiger partial charge in [-0.15, -0.1) is 0 Å². The second kappa shape index (κ2) is 5.85. The van der Waals surface area contributed by atoms with Gasteiger partial charge in [0.2, 0.25) is 5.91 Å². The highest BCUT2D eigenvalue weighted by Gasteiger charge is 2.11. The first-order valence-electron chi connectivity index (χ1n) is 5.37. The summed E-state index contributed by atoms with van der Waals surface area (Å²) in [5.74, 6) is 0.597. The Hall–Kier alpha value is -2.09. The molecule has 0 atom stereocenters. The molecule has 90 valence electrons. The summed E-state index contributed by atoms with van der Waals surface area (Å²) < 4.78 is 0. The lowest BCUT2D eigenvalue weighted by Gasteiger charge is -2.19. The summed E-state index contributed by atoms with van der Waals surface area (Å²) in [6, 6.07) is 3.94. The molecule has 17 heavy (non-hydrogen) atoms. The molecule has 0 saturated heterocycles. The fourth-order valence-electron chi connectivity index (χ4n) is 1.47. The van der Waals surface area contributed by atoms with Crippen LogP contribution in [0.25, 0.3) is 0 Å². The van der Waals surface area contributed by atoms with Crippen LogP contribution in [0.15, 0.2) is 12.3 Å². The van der Waals surface area contributed by atoms with Gasteiger partial charge >= 0.3 is 0 Å². The van der Waals surface area contributed by atoms with Crippen molar-refractivity contribution in [1.29, 1.82) is 5.26 Å². The van der Waals surface area contributed by atoms with Crippen LogP contribution >= 0.6 is 0 Å². The van der Waals surface area contributed by atoms with E-state index in [0.29, 0.717) is 24.3 Å². The third-order valence-corrected chi connectivity index (χ3v) is 2.57. The molecule has 5 nitrogen and oxygen atoms in total. The van der Waals surface area contributed by atoms with Gasteiger partial charge in [0.25, 0.3) is 0 Å². The zero-order valence-corrected chi connectivity index (χ0v) is 10.3. The van der Waals surface area contributed by atoms with Gasteiger partial charge in [-0.3, -0.25) is 4.79 Å². The summed E-state index contributed by atoms with van der Waals surface area (Å²) >= 11 is 0. The first kappa shape index (κ1) is 13.0. The maximum Gasteiger partial charge on any atom is 0.221 e. The number of nitriles is 1. The molecule has 1 amide bonds. The van der Waals surface area contributed by atoms with E-state index < -0.39 is 0 Å². The molecule has 0 saturated carbocycles. The molecule has 1 heterocycles. The predicted molar refractivity (Wildman–Crippen MR) is 65.6 cm³/mol. The molecule has 1 N–H and O–H groups in total. The number of amides is 1. The maximum absolute atomic E-state index is 11.1. The molecule has 1 rings (SSSR count). The van der Waals surface area contributed by atoms with E-state index >= 15 is 0 Å². The average molecular weight is 232 g/mol. The van der Waals surface area contributed by atoms with Crippen LogP contribution in [-0.4, -0.2) is 31.5 Å². The molecule has 0 aliphatic rings. The van der Waals surface area contributed by atoms with Crippen LogP contribution in [0.4, 0.5) is 5.82 Å². The number of pyridine rings is 1. The Kier molecular flexibility index (Phi) is 4.46. The van der Waals surface area contributed by atoms with Gasteiger partial charge in [0, 0.05) is 33.3 Å². The van der Waals surface area contributed by atoms with Gasteiger partial charge in [0.05, 0.1) is 5.56 Å². The lowest BCUT2D eigenvalue weighted by Crippen LogP contribution is -2.27. The van der Waals surface area contributed by atoms with Crippen molar-refractivity contribution in [2.24, 2.45) is 0 Å². The number of aromatic nitrogens is 1. The molecule has 0 aliphatic heterocycles. The largest absolute Gasteiger partial charge is 0.359 e. The van der Waals surface area contributed by atoms with Gasteiger partial charge in [-0.1, -0.05) is 0 Å². The van der Waals surface area contributed by atoms with E-state index in [1.807, 2.05) is 18.9 Å². The molecule has 0 fully saturated rings. The minimum atomic E-state index is -0.0250. The van der Waals surface area contributed by atoms with E-state index in [1.165, 1.54) is 0 Å². The maximum atomic E-state index is 11.1. The Morgan fingerprint density at radius 2 is 2.35 bits per heavy atom. The van der Waals surface area contributed by atoms with Crippen molar-refractivity contribution in [2.75, 3.05) is 25.5 Å². The van der Waals surface area contributed by atoms with Gasteiger partial charge in [0.1, 0.15) is 11.9 Å². The molecule has 0 aliphatic carbocycles. The molecule has 1 aromatic heterocycles. The Balaban J connectivity index is 2.82. The fraction of sp³-hybridized carbons (Fsp3) is 0.417. The van der Waals surface area contributed by atoms with Crippen molar-refractivity contribution in [1.82, 2.24) is 10.3 Å². The SMILES string of the molecule is CNC(=O)CCN(C)c1nccc(C)c1C#N. The molecular formula is C12H16N4O. The van der Waals surface area contributed by atoms with Gasteiger partial charge in [-0.2, -0.15) is 5.26 Å². The van der Waals surface area contributed by atoms with E-state index in [4.69, 9.17) is 5.26 Å². The van der Waals surface area contributed by atoms with Gasteiger partial charge < -0.3 is 10.2 Å². The second-order valence-electron chi connectivity index (χ2n) is 3.78. The van der Waals surface area contributed by atoms with Crippen LogP contribution in [0.2, 0.25) is 0 Å². The van der Waals surface area contributed by atoms with Crippen molar-refractivity contribution < 1.29 is 4.79 Å².